The lowest BCUT2D eigenvalue weighted by Gasteiger charge is -2.27. The average Bonchev–Trinajstić information content (AvgIpc) is 2.41. The van der Waals surface area contributed by atoms with E-state index in [4.69, 9.17) is 0 Å². The lowest BCUT2D eigenvalue weighted by molar-refractivity contribution is 1.17. The summed E-state index contributed by atoms with van der Waals surface area (Å²) in [6.45, 7) is 1.94. The average molecular weight is 318 g/mol. The van der Waals surface area contributed by atoms with Crippen LogP contribution in [0.2, 0.25) is 0 Å². The molecule has 0 fully saturated rings. The molecular weight excluding hydrogens is 305 g/mol. The van der Waals surface area contributed by atoms with Crippen molar-refractivity contribution in [1.82, 2.24) is 0 Å². The number of benzene rings is 2. The third-order valence-electron chi connectivity index (χ3n) is 2.65. The molecule has 1 nitrogen and oxygen atoms in total. The molecule has 0 heterocycles. The monoisotopic (exact) mass is 317 g/mol. The smallest absolute Gasteiger partial charge is 0.136 e. The molecule has 1 atom stereocenters. The van der Waals surface area contributed by atoms with Gasteiger partial charge in [-0.15, -0.1) is 0 Å². The number of nitriles is 1. The summed E-state index contributed by atoms with van der Waals surface area (Å²) in [7, 11) is -0.739. The van der Waals surface area contributed by atoms with Crippen LogP contribution in [0.5, 0.6) is 0 Å². The van der Waals surface area contributed by atoms with Crippen molar-refractivity contribution < 1.29 is 0 Å². The maximum atomic E-state index is 9.41. The molecule has 3 heteroatoms. The summed E-state index contributed by atoms with van der Waals surface area (Å²) < 4.78 is -0.551. The quantitative estimate of drug-likeness (QED) is 0.624. The molecule has 2 rings (SSSR count). The van der Waals surface area contributed by atoms with Gasteiger partial charge >= 0.3 is 0 Å². The number of hydrogen-bond donors (Lipinski definition) is 0. The van der Waals surface area contributed by atoms with Gasteiger partial charge in [-0.1, -0.05) is 76.6 Å². The van der Waals surface area contributed by atoms with Crippen LogP contribution >= 0.6 is 23.9 Å². The summed E-state index contributed by atoms with van der Waals surface area (Å²) in [6, 6.07) is 22.8. The molecule has 0 N–H and O–H groups in total. The van der Waals surface area contributed by atoms with E-state index in [-0.39, 0.29) is 0 Å². The minimum Gasteiger partial charge on any atom is -0.196 e. The Morgan fingerprint density at radius 1 is 0.944 bits per heavy atom. The van der Waals surface area contributed by atoms with E-state index in [9.17, 15) is 5.26 Å². The molecular formula is C15H13BrNP. The van der Waals surface area contributed by atoms with Gasteiger partial charge in [-0.2, -0.15) is 5.26 Å². The number of hydrogen-bond acceptors (Lipinski definition) is 1. The molecule has 2 aromatic carbocycles. The van der Waals surface area contributed by atoms with E-state index in [0.717, 1.165) is 0 Å². The van der Waals surface area contributed by atoms with Crippen LogP contribution in [-0.2, 0) is 0 Å². The third kappa shape index (κ3) is 2.80. The maximum absolute atomic E-state index is 9.41. The van der Waals surface area contributed by atoms with Gasteiger partial charge < -0.3 is 0 Å². The van der Waals surface area contributed by atoms with Gasteiger partial charge in [-0.25, -0.2) is 0 Å². The third-order valence-corrected chi connectivity index (χ3v) is 6.46. The highest BCUT2D eigenvalue weighted by atomic mass is 79.9. The van der Waals surface area contributed by atoms with Gasteiger partial charge in [0.1, 0.15) is 4.07 Å². The number of rotatable bonds is 3. The zero-order chi connectivity index (χ0) is 13.0. The Bertz CT molecular complexity index is 506. The van der Waals surface area contributed by atoms with Crippen molar-refractivity contribution in [3.05, 3.63) is 60.7 Å². The first-order chi connectivity index (χ1) is 8.65. The van der Waals surface area contributed by atoms with Gasteiger partial charge in [0.2, 0.25) is 0 Å². The largest absolute Gasteiger partial charge is 0.196 e. The van der Waals surface area contributed by atoms with E-state index in [1.54, 1.807) is 0 Å². The van der Waals surface area contributed by atoms with Crippen LogP contribution in [0.4, 0.5) is 0 Å². The second kappa shape index (κ2) is 5.65. The predicted octanol–water partition coefficient (Wildman–Crippen LogP) is 3.75. The lowest BCUT2D eigenvalue weighted by atomic mass is 10.4. The molecule has 0 aliphatic rings. The molecule has 0 radical (unpaired) electrons. The van der Waals surface area contributed by atoms with Crippen molar-refractivity contribution in [2.45, 2.75) is 11.0 Å². The Morgan fingerprint density at radius 2 is 1.33 bits per heavy atom. The summed E-state index contributed by atoms with van der Waals surface area (Å²) in [4.78, 5) is 0. The van der Waals surface area contributed by atoms with Crippen LogP contribution in [0.3, 0.4) is 0 Å². The summed E-state index contributed by atoms with van der Waals surface area (Å²) in [5, 5.41) is 11.8. The molecule has 0 amide bonds. The molecule has 90 valence electrons. The Morgan fingerprint density at radius 3 is 1.67 bits per heavy atom. The first-order valence-corrected chi connectivity index (χ1v) is 7.79. The number of nitrogens with zero attached hydrogens (tertiary/aromatic N) is 1. The van der Waals surface area contributed by atoms with Crippen molar-refractivity contribution >= 4 is 34.5 Å². The first kappa shape index (κ1) is 13.3. The van der Waals surface area contributed by atoms with E-state index < -0.39 is 12.0 Å². The van der Waals surface area contributed by atoms with E-state index in [1.165, 1.54) is 10.6 Å². The van der Waals surface area contributed by atoms with Gasteiger partial charge in [0.05, 0.1) is 6.07 Å². The van der Waals surface area contributed by atoms with Crippen LogP contribution in [0, 0.1) is 11.3 Å². The molecule has 0 saturated carbocycles. The molecule has 0 bridgehead atoms. The molecule has 0 aliphatic heterocycles. The topological polar surface area (TPSA) is 23.8 Å². The normalized spacial score (nSPS) is 13.9. The molecule has 0 aromatic heterocycles. The van der Waals surface area contributed by atoms with Crippen LogP contribution in [-0.4, -0.2) is 4.07 Å². The van der Waals surface area contributed by atoms with Gasteiger partial charge in [0.15, 0.2) is 0 Å². The second-order valence-corrected chi connectivity index (χ2v) is 8.87. The minimum absolute atomic E-state index is 0.551. The van der Waals surface area contributed by atoms with Gasteiger partial charge in [0, 0.05) is 0 Å². The first-order valence-electron chi connectivity index (χ1n) is 5.65. The number of halogens is 1. The number of alkyl halides is 1. The minimum atomic E-state index is -0.739. The Kier molecular flexibility index (Phi) is 4.17. The zero-order valence-corrected chi connectivity index (χ0v) is 12.5. The standard InChI is InChI=1S/C15H13BrNP/c1-15(16,12-17)18(13-8-4-2-5-9-13)14-10-6-3-7-11-14/h2-11H,1H3. The van der Waals surface area contributed by atoms with Crippen molar-refractivity contribution in [1.29, 1.82) is 5.26 Å². The zero-order valence-electron chi connectivity index (χ0n) is 10.0. The molecule has 2 aromatic rings. The second-order valence-electron chi connectivity index (χ2n) is 4.07. The van der Waals surface area contributed by atoms with Gasteiger partial charge in [0.25, 0.3) is 0 Å². The van der Waals surface area contributed by atoms with Crippen molar-refractivity contribution in [2.75, 3.05) is 0 Å². The molecule has 1 unspecified atom stereocenters. The fraction of sp³-hybridized carbons (Fsp3) is 0.133. The Labute approximate surface area is 117 Å². The van der Waals surface area contributed by atoms with Crippen molar-refractivity contribution in [2.24, 2.45) is 0 Å². The summed E-state index contributed by atoms with van der Waals surface area (Å²) in [5.74, 6) is 0. The van der Waals surface area contributed by atoms with E-state index in [1.807, 2.05) is 43.3 Å². The van der Waals surface area contributed by atoms with Crippen LogP contribution < -0.4 is 10.6 Å². The molecule has 0 saturated heterocycles. The van der Waals surface area contributed by atoms with Gasteiger partial charge in [-0.05, 0) is 25.5 Å². The Hall–Kier alpha value is -1.16. The van der Waals surface area contributed by atoms with Crippen molar-refractivity contribution in [3.8, 4) is 6.07 Å². The predicted molar refractivity (Wildman–Crippen MR) is 82.0 cm³/mol. The fourth-order valence-electron chi connectivity index (χ4n) is 1.84. The highest BCUT2D eigenvalue weighted by molar-refractivity contribution is 9.11. The highest BCUT2D eigenvalue weighted by Gasteiger charge is 2.33. The summed E-state index contributed by atoms with van der Waals surface area (Å²) in [5.41, 5.74) is 0. The van der Waals surface area contributed by atoms with Crippen LogP contribution in [0.15, 0.2) is 60.7 Å². The van der Waals surface area contributed by atoms with Crippen molar-refractivity contribution in [3.63, 3.8) is 0 Å². The molecule has 0 aliphatic carbocycles. The maximum Gasteiger partial charge on any atom is 0.136 e. The summed E-state index contributed by atoms with van der Waals surface area (Å²) >= 11 is 3.59. The molecule has 0 spiro atoms. The Balaban J connectivity index is 2.53. The van der Waals surface area contributed by atoms with E-state index in [2.05, 4.69) is 46.3 Å². The summed E-state index contributed by atoms with van der Waals surface area (Å²) in [6.07, 6.45) is 0. The van der Waals surface area contributed by atoms with E-state index in [0.29, 0.717) is 0 Å². The van der Waals surface area contributed by atoms with E-state index >= 15 is 0 Å². The highest BCUT2D eigenvalue weighted by Crippen LogP contribution is 2.51. The van der Waals surface area contributed by atoms with Crippen LogP contribution in [0.1, 0.15) is 6.92 Å². The lowest BCUT2D eigenvalue weighted by Crippen LogP contribution is -2.25. The fourth-order valence-corrected chi connectivity index (χ4v) is 5.38. The van der Waals surface area contributed by atoms with Gasteiger partial charge in [-0.3, -0.25) is 0 Å². The van der Waals surface area contributed by atoms with Crippen LogP contribution in [0.25, 0.3) is 0 Å². The molecule has 18 heavy (non-hydrogen) atoms. The SMILES string of the molecule is CC(Br)(C#N)P(c1ccccc1)c1ccccc1.